The number of H-pyrrole nitrogens is 1. The molecule has 0 aliphatic carbocycles. The third-order valence-electron chi connectivity index (χ3n) is 2.90. The van der Waals surface area contributed by atoms with Crippen LogP contribution in [0.2, 0.25) is 0 Å². The maximum Gasteiger partial charge on any atom is 0.195 e. The van der Waals surface area contributed by atoms with Crippen LogP contribution in [0.5, 0.6) is 5.88 Å². The van der Waals surface area contributed by atoms with Crippen LogP contribution in [0.1, 0.15) is 5.56 Å². The zero-order valence-electron chi connectivity index (χ0n) is 9.72. The van der Waals surface area contributed by atoms with Gasteiger partial charge in [-0.2, -0.15) is 0 Å². The Morgan fingerprint density at radius 1 is 1.11 bits per heavy atom. The Hall–Kier alpha value is -2.49. The molecule has 0 aliphatic rings. The molecule has 4 heteroatoms. The molecule has 1 aromatic carbocycles. The highest BCUT2D eigenvalue weighted by Gasteiger charge is 2.10. The number of para-hydroxylation sites is 1. The molecule has 2 aromatic heterocycles. The first-order valence-electron chi connectivity index (χ1n) is 5.78. The van der Waals surface area contributed by atoms with Crippen molar-refractivity contribution in [2.45, 2.75) is 6.54 Å². The normalized spacial score (nSPS) is 10.7. The first-order valence-corrected chi connectivity index (χ1v) is 5.78. The van der Waals surface area contributed by atoms with Crippen LogP contribution in [0.25, 0.3) is 11.0 Å². The minimum atomic E-state index is 0.173. The molecule has 0 unspecified atom stereocenters. The Balaban J connectivity index is 1.89. The fourth-order valence-corrected chi connectivity index (χ4v) is 1.99. The standard InChI is InChI=1S/C14H13N3O/c18-14-12(9-16-10-5-2-1-3-6-10)11-7-4-8-15-13(11)17-14/h1-8,16,18H,9H2,(H,15,17). The van der Waals surface area contributed by atoms with Gasteiger partial charge < -0.3 is 15.4 Å². The second-order valence-electron chi connectivity index (χ2n) is 4.07. The topological polar surface area (TPSA) is 60.9 Å². The monoisotopic (exact) mass is 239 g/mol. The molecule has 0 saturated carbocycles. The number of anilines is 1. The van der Waals surface area contributed by atoms with Crippen LogP contribution in [0.15, 0.2) is 48.7 Å². The summed E-state index contributed by atoms with van der Waals surface area (Å²) in [5.74, 6) is 0.173. The van der Waals surface area contributed by atoms with Crippen molar-refractivity contribution in [3.8, 4) is 5.88 Å². The molecular weight excluding hydrogens is 226 g/mol. The van der Waals surface area contributed by atoms with Gasteiger partial charge in [0.05, 0.1) is 0 Å². The Morgan fingerprint density at radius 2 is 1.94 bits per heavy atom. The Labute approximate surface area is 104 Å². The van der Waals surface area contributed by atoms with Crippen molar-refractivity contribution in [2.75, 3.05) is 5.32 Å². The van der Waals surface area contributed by atoms with Crippen LogP contribution >= 0.6 is 0 Å². The fraction of sp³-hybridized carbons (Fsp3) is 0.0714. The van der Waals surface area contributed by atoms with Gasteiger partial charge in [-0.1, -0.05) is 18.2 Å². The zero-order valence-corrected chi connectivity index (χ0v) is 9.72. The number of aromatic hydroxyl groups is 1. The van der Waals surface area contributed by atoms with Crippen molar-refractivity contribution in [1.82, 2.24) is 9.97 Å². The molecule has 0 spiro atoms. The number of fused-ring (bicyclic) bond motifs is 1. The summed E-state index contributed by atoms with van der Waals surface area (Å²) in [5.41, 5.74) is 2.57. The van der Waals surface area contributed by atoms with Gasteiger partial charge >= 0.3 is 0 Å². The number of hydrogen-bond acceptors (Lipinski definition) is 3. The molecule has 0 bridgehead atoms. The predicted molar refractivity (Wildman–Crippen MR) is 71.5 cm³/mol. The van der Waals surface area contributed by atoms with Crippen molar-refractivity contribution in [2.24, 2.45) is 0 Å². The molecule has 2 heterocycles. The molecule has 0 atom stereocenters. The lowest BCUT2D eigenvalue weighted by Gasteiger charge is -2.05. The van der Waals surface area contributed by atoms with E-state index in [0.717, 1.165) is 16.6 Å². The number of pyridine rings is 1. The number of aromatic nitrogens is 2. The third-order valence-corrected chi connectivity index (χ3v) is 2.90. The van der Waals surface area contributed by atoms with Gasteiger partial charge in [-0.25, -0.2) is 4.98 Å². The first kappa shape index (κ1) is 10.7. The van der Waals surface area contributed by atoms with E-state index in [4.69, 9.17) is 0 Å². The van der Waals surface area contributed by atoms with Gasteiger partial charge in [-0.3, -0.25) is 0 Å². The van der Waals surface area contributed by atoms with E-state index in [1.165, 1.54) is 0 Å². The minimum Gasteiger partial charge on any atom is -0.494 e. The van der Waals surface area contributed by atoms with E-state index in [0.29, 0.717) is 12.2 Å². The summed E-state index contributed by atoms with van der Waals surface area (Å²) in [6.07, 6.45) is 1.70. The molecule has 3 rings (SSSR count). The van der Waals surface area contributed by atoms with E-state index in [1.54, 1.807) is 6.20 Å². The molecule has 3 N–H and O–H groups in total. The minimum absolute atomic E-state index is 0.173. The van der Waals surface area contributed by atoms with E-state index in [-0.39, 0.29) is 5.88 Å². The smallest absolute Gasteiger partial charge is 0.195 e. The average Bonchev–Trinajstić information content (AvgIpc) is 2.73. The molecule has 0 aliphatic heterocycles. The van der Waals surface area contributed by atoms with E-state index in [2.05, 4.69) is 15.3 Å². The van der Waals surface area contributed by atoms with Crippen LogP contribution in [0.3, 0.4) is 0 Å². The molecule has 3 aromatic rings. The van der Waals surface area contributed by atoms with Crippen molar-refractivity contribution in [1.29, 1.82) is 0 Å². The largest absolute Gasteiger partial charge is 0.494 e. The number of nitrogens with zero attached hydrogens (tertiary/aromatic N) is 1. The molecule has 0 fully saturated rings. The Morgan fingerprint density at radius 3 is 2.78 bits per heavy atom. The lowest BCUT2D eigenvalue weighted by atomic mass is 10.2. The van der Waals surface area contributed by atoms with Crippen molar-refractivity contribution >= 4 is 16.7 Å². The Kier molecular flexibility index (Phi) is 2.61. The summed E-state index contributed by atoms with van der Waals surface area (Å²) in [6.45, 7) is 0.557. The zero-order chi connectivity index (χ0) is 12.4. The third kappa shape index (κ3) is 1.88. The van der Waals surface area contributed by atoms with E-state index in [9.17, 15) is 5.11 Å². The van der Waals surface area contributed by atoms with Crippen molar-refractivity contribution < 1.29 is 5.11 Å². The van der Waals surface area contributed by atoms with Crippen LogP contribution < -0.4 is 5.32 Å². The van der Waals surface area contributed by atoms with Gasteiger partial charge in [0.15, 0.2) is 5.88 Å². The van der Waals surface area contributed by atoms with E-state index < -0.39 is 0 Å². The summed E-state index contributed by atoms with van der Waals surface area (Å²) in [4.78, 5) is 7.04. The number of benzene rings is 1. The highest BCUT2D eigenvalue weighted by Crippen LogP contribution is 2.26. The Bertz CT molecular complexity index is 661. The molecule has 18 heavy (non-hydrogen) atoms. The van der Waals surface area contributed by atoms with Gasteiger partial charge in [-0.15, -0.1) is 0 Å². The van der Waals surface area contributed by atoms with E-state index >= 15 is 0 Å². The second-order valence-corrected chi connectivity index (χ2v) is 4.07. The molecular formula is C14H13N3O. The summed E-state index contributed by atoms with van der Waals surface area (Å²) in [6, 6.07) is 13.7. The quantitative estimate of drug-likeness (QED) is 0.658. The summed E-state index contributed by atoms with van der Waals surface area (Å²) >= 11 is 0. The predicted octanol–water partition coefficient (Wildman–Crippen LogP) is 2.88. The molecule has 4 nitrogen and oxygen atoms in total. The van der Waals surface area contributed by atoms with Crippen LogP contribution in [-0.2, 0) is 6.54 Å². The first-order chi connectivity index (χ1) is 8.84. The SMILES string of the molecule is Oc1[nH]c2ncccc2c1CNc1ccccc1. The maximum absolute atomic E-state index is 9.88. The number of aromatic amines is 1. The molecule has 0 amide bonds. The lowest BCUT2D eigenvalue weighted by Crippen LogP contribution is -1.98. The van der Waals surface area contributed by atoms with Gasteiger partial charge in [0.2, 0.25) is 0 Å². The lowest BCUT2D eigenvalue weighted by molar-refractivity contribution is 0.452. The summed E-state index contributed by atoms with van der Waals surface area (Å²) in [7, 11) is 0. The van der Waals surface area contributed by atoms with Gasteiger partial charge in [-0.05, 0) is 24.3 Å². The molecule has 0 radical (unpaired) electrons. The van der Waals surface area contributed by atoms with Gasteiger partial charge in [0.25, 0.3) is 0 Å². The van der Waals surface area contributed by atoms with Crippen LogP contribution in [0.4, 0.5) is 5.69 Å². The summed E-state index contributed by atoms with van der Waals surface area (Å²) in [5, 5.41) is 14.1. The number of nitrogens with one attached hydrogen (secondary N) is 2. The average molecular weight is 239 g/mol. The highest BCUT2D eigenvalue weighted by atomic mass is 16.3. The van der Waals surface area contributed by atoms with Crippen molar-refractivity contribution in [3.05, 3.63) is 54.2 Å². The maximum atomic E-state index is 9.88. The fourth-order valence-electron chi connectivity index (χ4n) is 1.99. The second kappa shape index (κ2) is 4.41. The molecule has 0 saturated heterocycles. The van der Waals surface area contributed by atoms with Crippen LogP contribution in [0, 0.1) is 0 Å². The number of hydrogen-bond donors (Lipinski definition) is 3. The van der Waals surface area contributed by atoms with Gasteiger partial charge in [0.1, 0.15) is 5.65 Å². The van der Waals surface area contributed by atoms with Crippen molar-refractivity contribution in [3.63, 3.8) is 0 Å². The van der Waals surface area contributed by atoms with Gasteiger partial charge in [0, 0.05) is 29.4 Å². The number of rotatable bonds is 3. The van der Waals surface area contributed by atoms with Crippen LogP contribution in [-0.4, -0.2) is 15.1 Å². The highest BCUT2D eigenvalue weighted by molar-refractivity contribution is 5.82. The molecule has 90 valence electrons. The van der Waals surface area contributed by atoms with E-state index in [1.807, 2.05) is 42.5 Å². The summed E-state index contributed by atoms with van der Waals surface area (Å²) < 4.78 is 0.